The van der Waals surface area contributed by atoms with Crippen LogP contribution in [0.3, 0.4) is 0 Å². The number of piperazine rings is 2. The van der Waals surface area contributed by atoms with Crippen molar-refractivity contribution in [2.45, 2.75) is 51.6 Å². The summed E-state index contributed by atoms with van der Waals surface area (Å²) in [6.07, 6.45) is 6.40. The standard InChI is InChI=1S/2C19H22FN3O3.O.U/c2*1-2-21-5-7-22(8-6-21)17-10-16-13(9-15(17)20)18(24)14(19(25)26)11-23(16)12-3-4-12;;/h2*9-12H,2-8H2,1H3,(H,25,26);;/q;;-2;+4/p-2. The van der Waals surface area contributed by atoms with Crippen molar-refractivity contribution in [3.8, 4) is 0 Å². The first-order chi connectivity index (χ1) is 25.0. The molecule has 0 bridgehead atoms. The molecule has 2 saturated heterocycles. The van der Waals surface area contributed by atoms with Crippen LogP contribution >= 0.6 is 0 Å². The van der Waals surface area contributed by atoms with Crippen LogP contribution in [0.15, 0.2) is 46.2 Å². The van der Waals surface area contributed by atoms with E-state index in [-0.39, 0.29) is 59.4 Å². The molecule has 2 aromatic heterocycles. The van der Waals surface area contributed by atoms with Crippen LogP contribution in [-0.2, 0) is 5.48 Å². The van der Waals surface area contributed by atoms with E-state index in [1.165, 1.54) is 24.5 Å². The second kappa shape index (κ2) is 16.9. The number of halogens is 2. The molecule has 0 spiro atoms. The van der Waals surface area contributed by atoms with Gasteiger partial charge in [-0.3, -0.25) is 9.59 Å². The molecule has 0 unspecified atom stereocenters. The second-order valence-electron chi connectivity index (χ2n) is 14.1. The van der Waals surface area contributed by atoms with Crippen LogP contribution in [0, 0.1) is 42.7 Å². The molecule has 2 aromatic carbocycles. The van der Waals surface area contributed by atoms with Crippen molar-refractivity contribution < 1.29 is 65.2 Å². The molecule has 284 valence electrons. The molecule has 2 aliphatic heterocycles. The van der Waals surface area contributed by atoms with Crippen LogP contribution in [0.5, 0.6) is 0 Å². The molecule has 8 rings (SSSR count). The molecule has 2 saturated carbocycles. The number of benzene rings is 2. The fourth-order valence-corrected chi connectivity index (χ4v) is 7.41. The Kier molecular flexibility index (Phi) is 13.0. The minimum Gasteiger partial charge on any atom is -2.00 e. The van der Waals surface area contributed by atoms with Gasteiger partial charge >= 0.3 is 31.1 Å². The Morgan fingerprint density at radius 3 is 1.24 bits per heavy atom. The summed E-state index contributed by atoms with van der Waals surface area (Å²) >= 11 is 0. The van der Waals surface area contributed by atoms with Gasteiger partial charge in [0.25, 0.3) is 0 Å². The van der Waals surface area contributed by atoms with Gasteiger partial charge in [-0.15, -0.1) is 0 Å². The predicted molar refractivity (Wildman–Crippen MR) is 191 cm³/mol. The van der Waals surface area contributed by atoms with E-state index in [1.807, 2.05) is 9.80 Å². The van der Waals surface area contributed by atoms with Gasteiger partial charge in [-0.2, -0.15) is 0 Å². The summed E-state index contributed by atoms with van der Waals surface area (Å²) < 4.78 is 33.2. The van der Waals surface area contributed by atoms with Crippen molar-refractivity contribution in [2.75, 3.05) is 75.2 Å². The second-order valence-corrected chi connectivity index (χ2v) is 14.1. The molecule has 4 aromatic rings. The first kappa shape index (κ1) is 41.4. The number of carboxylic acid groups (broad SMARTS) is 2. The van der Waals surface area contributed by atoms with E-state index in [0.29, 0.717) is 22.4 Å². The van der Waals surface area contributed by atoms with Crippen molar-refractivity contribution in [1.82, 2.24) is 18.9 Å². The molecule has 16 heteroatoms. The third kappa shape index (κ3) is 8.23. The van der Waals surface area contributed by atoms with Gasteiger partial charge in [0.15, 0.2) is 10.9 Å². The number of carbonyl (C=O) groups excluding carboxylic acids is 2. The van der Waals surface area contributed by atoms with Gasteiger partial charge in [-0.1, -0.05) is 13.8 Å². The normalized spacial score (nSPS) is 17.8. The summed E-state index contributed by atoms with van der Waals surface area (Å²) in [7, 11) is 0. The fraction of sp³-hybridized carbons (Fsp3) is 0.474. The van der Waals surface area contributed by atoms with E-state index in [2.05, 4.69) is 23.6 Å². The number of rotatable bonds is 8. The largest absolute Gasteiger partial charge is 4.00 e. The number of aromatic carboxylic acids is 2. The third-order valence-electron chi connectivity index (χ3n) is 10.8. The molecule has 0 amide bonds. The average Bonchev–Trinajstić information content (AvgIpc) is 4.07. The summed E-state index contributed by atoms with van der Waals surface area (Å²) in [6.45, 7) is 12.5. The maximum atomic E-state index is 14.8. The van der Waals surface area contributed by atoms with Gasteiger partial charge in [0.05, 0.1) is 45.5 Å². The molecule has 2 aliphatic carbocycles. The topological polar surface area (TPSA) is 166 Å². The average molecular weight is 971 g/mol. The summed E-state index contributed by atoms with van der Waals surface area (Å²) in [5.41, 5.74) is -0.0438. The Bertz CT molecular complexity index is 2020. The van der Waals surface area contributed by atoms with Crippen LogP contribution in [0.4, 0.5) is 20.2 Å². The maximum Gasteiger partial charge on any atom is 4.00 e. The molecule has 0 atom stereocenters. The van der Waals surface area contributed by atoms with Crippen LogP contribution < -0.4 is 30.9 Å². The number of likely N-dealkylation sites (N-methyl/N-ethyl adjacent to an activating group) is 2. The van der Waals surface area contributed by atoms with Crippen molar-refractivity contribution in [2.24, 2.45) is 0 Å². The molecular weight excluding hydrogens is 928 g/mol. The number of anilines is 2. The van der Waals surface area contributed by atoms with Gasteiger partial charge in [0, 0.05) is 87.6 Å². The van der Waals surface area contributed by atoms with Gasteiger partial charge < -0.3 is 54.0 Å². The number of hydrogen-bond donors (Lipinski definition) is 0. The zero-order valence-corrected chi connectivity index (χ0v) is 34.5. The van der Waals surface area contributed by atoms with Gasteiger partial charge in [0.2, 0.25) is 0 Å². The predicted octanol–water partition coefficient (Wildman–Crippen LogP) is 1.84. The van der Waals surface area contributed by atoms with Crippen LogP contribution in [0.25, 0.3) is 21.8 Å². The molecule has 0 N–H and O–H groups in total. The van der Waals surface area contributed by atoms with E-state index in [1.54, 1.807) is 21.3 Å². The summed E-state index contributed by atoms with van der Waals surface area (Å²) in [5.74, 6) is -4.02. The van der Waals surface area contributed by atoms with Gasteiger partial charge in [-0.05, 0) is 63.0 Å². The first-order valence-electron chi connectivity index (χ1n) is 18.1. The minimum absolute atomic E-state index is 0. The maximum absolute atomic E-state index is 14.8. The summed E-state index contributed by atoms with van der Waals surface area (Å²) in [4.78, 5) is 56.1. The molecule has 54 heavy (non-hydrogen) atoms. The van der Waals surface area contributed by atoms with Gasteiger partial charge in [0.1, 0.15) is 11.6 Å². The third-order valence-corrected chi connectivity index (χ3v) is 10.8. The van der Waals surface area contributed by atoms with E-state index in [0.717, 1.165) is 91.1 Å². The minimum atomic E-state index is -1.52. The Labute approximate surface area is 334 Å². The number of carbonyl (C=O) groups is 2. The van der Waals surface area contributed by atoms with Crippen molar-refractivity contribution in [1.29, 1.82) is 0 Å². The first-order valence-corrected chi connectivity index (χ1v) is 18.1. The molecule has 4 fully saturated rings. The van der Waals surface area contributed by atoms with E-state index in [9.17, 15) is 38.2 Å². The van der Waals surface area contributed by atoms with Crippen LogP contribution in [-0.4, -0.2) is 96.3 Å². The van der Waals surface area contributed by atoms with Gasteiger partial charge in [-0.25, -0.2) is 8.78 Å². The summed E-state index contributed by atoms with van der Waals surface area (Å²) in [6, 6.07) is 6.09. The van der Waals surface area contributed by atoms with E-state index < -0.39 is 45.6 Å². The van der Waals surface area contributed by atoms with Crippen molar-refractivity contribution >= 4 is 45.1 Å². The monoisotopic (exact) mass is 970 g/mol. The quantitative estimate of drug-likeness (QED) is 0.255. The Morgan fingerprint density at radius 1 is 0.630 bits per heavy atom. The Balaban J connectivity index is 0.000000200. The molecular formula is C38H42F2N6O7U. The van der Waals surface area contributed by atoms with Crippen molar-refractivity contribution in [3.63, 3.8) is 0 Å². The number of carboxylic acids is 2. The number of aromatic nitrogens is 2. The molecule has 13 nitrogen and oxygen atoms in total. The smallest absolute Gasteiger partial charge is 2.00 e. The van der Waals surface area contributed by atoms with Crippen molar-refractivity contribution in [3.05, 3.63) is 79.9 Å². The Hall–Kier alpha value is -3.81. The van der Waals surface area contributed by atoms with E-state index in [4.69, 9.17) is 0 Å². The van der Waals surface area contributed by atoms with Crippen LogP contribution in [0.2, 0.25) is 0 Å². The number of nitrogens with zero attached hydrogens (tertiary/aromatic N) is 6. The summed E-state index contributed by atoms with van der Waals surface area (Å²) in [5, 5.41) is 22.8. The number of fused-ring (bicyclic) bond motifs is 2. The molecule has 0 radical (unpaired) electrons. The Morgan fingerprint density at radius 2 is 0.963 bits per heavy atom. The molecule has 4 heterocycles. The SMILES string of the molecule is CCN1CCN(c2cc3c(cc2F)c(=O)c(C(=O)[O-])cn3C2CC2)CC1.CCN1CCN(c2cc3c(cc2F)c(=O)c(C(=O)[O-])cn3C2CC2)CC1.[O-2].[U+4]. The fourth-order valence-electron chi connectivity index (χ4n) is 7.41. The van der Waals surface area contributed by atoms with E-state index >= 15 is 0 Å². The zero-order valence-electron chi connectivity index (χ0n) is 30.3. The zero-order chi connectivity index (χ0) is 36.8. The molecule has 4 aliphatic rings. The number of hydrogen-bond acceptors (Lipinski definition) is 10. The van der Waals surface area contributed by atoms with Crippen LogP contribution in [0.1, 0.15) is 72.3 Å². The number of pyridine rings is 2.